The fourth-order valence-corrected chi connectivity index (χ4v) is 4.31. The average Bonchev–Trinajstić information content (AvgIpc) is 2.90. The largest absolute Gasteiger partial charge is 0.329 e. The van der Waals surface area contributed by atoms with E-state index in [1.165, 1.54) is 24.2 Å². The molecule has 8 nitrogen and oxygen atoms in total. The summed E-state index contributed by atoms with van der Waals surface area (Å²) in [5, 5.41) is 3.11. The van der Waals surface area contributed by atoms with Gasteiger partial charge in [-0.25, -0.2) is 19.7 Å². The van der Waals surface area contributed by atoms with Crippen LogP contribution in [0.15, 0.2) is 42.7 Å². The molecule has 1 N–H and O–H groups in total. The normalized spacial score (nSPS) is 13.9. The zero-order valence-corrected chi connectivity index (χ0v) is 21.2. The van der Waals surface area contributed by atoms with Gasteiger partial charge in [-0.3, -0.25) is 14.8 Å². The molecule has 0 radical (unpaired) electrons. The number of carbonyl (C=O) groups excluding carboxylic acids is 1. The maximum Gasteiger partial charge on any atom is 0.329 e. The smallest absolute Gasteiger partial charge is 0.305 e. The summed E-state index contributed by atoms with van der Waals surface area (Å²) < 4.78 is 0. The number of carbonyl (C=O) groups is 1. The van der Waals surface area contributed by atoms with Gasteiger partial charge in [0, 0.05) is 24.6 Å². The lowest BCUT2D eigenvalue weighted by atomic mass is 10.1. The molecule has 0 spiro atoms. The monoisotopic (exact) mass is 483 g/mol. The number of amides is 2. The summed E-state index contributed by atoms with van der Waals surface area (Å²) in [5.41, 5.74) is 4.55. The van der Waals surface area contributed by atoms with Crippen molar-refractivity contribution in [2.24, 2.45) is 0 Å². The maximum atomic E-state index is 13.8. The number of urea groups is 1. The Labute approximate surface area is 213 Å². The van der Waals surface area contributed by atoms with Crippen molar-refractivity contribution in [1.29, 1.82) is 0 Å². The van der Waals surface area contributed by atoms with Crippen LogP contribution in [0.4, 0.5) is 16.4 Å². The Morgan fingerprint density at radius 2 is 1.89 bits per heavy atom. The van der Waals surface area contributed by atoms with E-state index in [9.17, 15) is 4.79 Å². The van der Waals surface area contributed by atoms with E-state index in [1.807, 2.05) is 31.2 Å². The number of aromatic nitrogens is 4. The van der Waals surface area contributed by atoms with Crippen LogP contribution in [0.2, 0.25) is 0 Å². The molecule has 4 rings (SSSR count). The molecule has 3 aromatic rings. The zero-order chi connectivity index (χ0) is 25.5. The molecule has 8 heteroatoms. The van der Waals surface area contributed by atoms with Crippen LogP contribution in [0, 0.1) is 19.3 Å². The summed E-state index contributed by atoms with van der Waals surface area (Å²) >= 11 is 0. The van der Waals surface area contributed by atoms with Crippen molar-refractivity contribution >= 4 is 17.7 Å². The first-order valence-electron chi connectivity index (χ1n) is 12.5. The highest BCUT2D eigenvalue weighted by atomic mass is 16.2. The topological polar surface area (TPSA) is 87.1 Å². The van der Waals surface area contributed by atoms with Gasteiger partial charge in [0.1, 0.15) is 5.69 Å². The van der Waals surface area contributed by atoms with Gasteiger partial charge in [-0.05, 0) is 68.6 Å². The molecule has 0 unspecified atom stereocenters. The highest BCUT2D eigenvalue weighted by Crippen LogP contribution is 2.24. The molecular formula is C28H33N7O. The first-order valence-corrected chi connectivity index (χ1v) is 12.5. The minimum absolute atomic E-state index is 0.170. The number of pyridine rings is 2. The van der Waals surface area contributed by atoms with E-state index in [0.717, 1.165) is 42.3 Å². The van der Waals surface area contributed by atoms with Gasteiger partial charge in [-0.15, -0.1) is 6.42 Å². The van der Waals surface area contributed by atoms with Crippen LogP contribution in [0.25, 0.3) is 0 Å². The van der Waals surface area contributed by atoms with E-state index in [-0.39, 0.29) is 18.5 Å². The van der Waals surface area contributed by atoms with Gasteiger partial charge < -0.3 is 5.32 Å². The molecule has 0 saturated carbocycles. The number of likely N-dealkylation sites (tertiary alicyclic amines) is 1. The summed E-state index contributed by atoms with van der Waals surface area (Å²) in [6.07, 6.45) is 12.7. The summed E-state index contributed by atoms with van der Waals surface area (Å²) in [6.45, 7) is 9.09. The van der Waals surface area contributed by atoms with Gasteiger partial charge in [0.2, 0.25) is 5.95 Å². The lowest BCUT2D eigenvalue weighted by Gasteiger charge is -2.28. The van der Waals surface area contributed by atoms with Crippen LogP contribution in [0.5, 0.6) is 0 Å². The van der Waals surface area contributed by atoms with Crippen molar-refractivity contribution in [1.82, 2.24) is 24.8 Å². The van der Waals surface area contributed by atoms with E-state index in [4.69, 9.17) is 6.42 Å². The first-order chi connectivity index (χ1) is 17.4. The molecule has 0 aromatic carbocycles. The van der Waals surface area contributed by atoms with E-state index in [2.05, 4.69) is 49.9 Å². The van der Waals surface area contributed by atoms with Crippen LogP contribution in [0.3, 0.4) is 0 Å². The Hall–Kier alpha value is -3.83. The number of hydrogen-bond acceptors (Lipinski definition) is 6. The maximum absolute atomic E-state index is 13.8. The molecule has 0 bridgehead atoms. The van der Waals surface area contributed by atoms with Crippen molar-refractivity contribution in [3.8, 4) is 12.3 Å². The number of nitrogens with zero attached hydrogens (tertiary/aromatic N) is 6. The number of piperidine rings is 1. The number of rotatable bonds is 7. The van der Waals surface area contributed by atoms with Crippen molar-refractivity contribution in [3.05, 3.63) is 71.1 Å². The lowest BCUT2D eigenvalue weighted by Crippen LogP contribution is -2.37. The predicted molar refractivity (Wildman–Crippen MR) is 142 cm³/mol. The summed E-state index contributed by atoms with van der Waals surface area (Å²) in [6, 6.07) is 8.93. The number of aryl methyl sites for hydroxylation is 1. The highest BCUT2D eigenvalue weighted by molar-refractivity contribution is 6.01. The predicted octanol–water partition coefficient (Wildman–Crippen LogP) is 4.90. The Kier molecular flexibility index (Phi) is 8.24. The molecule has 36 heavy (non-hydrogen) atoms. The summed E-state index contributed by atoms with van der Waals surface area (Å²) in [5.74, 6) is 3.05. The van der Waals surface area contributed by atoms with Gasteiger partial charge in [0.25, 0.3) is 0 Å². The van der Waals surface area contributed by atoms with Crippen LogP contribution >= 0.6 is 0 Å². The summed E-state index contributed by atoms with van der Waals surface area (Å²) in [7, 11) is 0. The SMILES string of the molecule is C#Cc1cccc(CN(C(=O)Nc2c(CN3CCCCC3)ccnc2C)c2nccc(C(C)C)n2)n1. The Bertz CT molecular complexity index is 1240. The Balaban J connectivity index is 1.65. The zero-order valence-electron chi connectivity index (χ0n) is 21.2. The third-order valence-corrected chi connectivity index (χ3v) is 6.32. The van der Waals surface area contributed by atoms with E-state index < -0.39 is 0 Å². The minimum atomic E-state index is -0.347. The third-order valence-electron chi connectivity index (χ3n) is 6.32. The molecule has 4 heterocycles. The standard InChI is InChI=1S/C28H33N7O/c1-5-23-10-9-11-24(31-23)19-35(27-30-15-13-25(32-27)20(2)3)28(36)33-26-21(4)29-14-12-22(26)18-34-16-7-6-8-17-34/h1,9-15,20H,6-8,16-19H2,2-4H3,(H,33,36). The number of terminal acetylenes is 1. The fourth-order valence-electron chi connectivity index (χ4n) is 4.31. The van der Waals surface area contributed by atoms with Gasteiger partial charge in [-0.1, -0.05) is 32.3 Å². The van der Waals surface area contributed by atoms with Gasteiger partial charge in [0.15, 0.2) is 0 Å². The van der Waals surface area contributed by atoms with Crippen molar-refractivity contribution in [2.45, 2.75) is 59.0 Å². The Morgan fingerprint density at radius 1 is 1.11 bits per heavy atom. The van der Waals surface area contributed by atoms with Crippen LogP contribution < -0.4 is 10.2 Å². The second kappa shape index (κ2) is 11.7. The third kappa shape index (κ3) is 6.23. The molecule has 3 aromatic heterocycles. The lowest BCUT2D eigenvalue weighted by molar-refractivity contribution is 0.221. The van der Waals surface area contributed by atoms with Gasteiger partial charge in [-0.2, -0.15) is 0 Å². The number of anilines is 2. The van der Waals surface area contributed by atoms with Crippen LogP contribution in [-0.2, 0) is 13.1 Å². The second-order valence-electron chi connectivity index (χ2n) is 9.38. The molecule has 2 amide bonds. The molecule has 1 aliphatic heterocycles. The second-order valence-corrected chi connectivity index (χ2v) is 9.38. The molecule has 1 aliphatic rings. The molecule has 0 atom stereocenters. The van der Waals surface area contributed by atoms with Crippen LogP contribution in [0.1, 0.15) is 67.4 Å². The van der Waals surface area contributed by atoms with Crippen LogP contribution in [-0.4, -0.2) is 44.0 Å². The summed E-state index contributed by atoms with van der Waals surface area (Å²) in [4.78, 5) is 35.7. The highest BCUT2D eigenvalue weighted by Gasteiger charge is 2.23. The van der Waals surface area contributed by atoms with Crippen molar-refractivity contribution < 1.29 is 4.79 Å². The molecule has 186 valence electrons. The van der Waals surface area contributed by atoms with E-state index >= 15 is 0 Å². The van der Waals surface area contributed by atoms with Gasteiger partial charge in [0.05, 0.1) is 23.6 Å². The molecule has 0 aliphatic carbocycles. The minimum Gasteiger partial charge on any atom is -0.305 e. The Morgan fingerprint density at radius 3 is 2.64 bits per heavy atom. The number of nitrogens with one attached hydrogen (secondary N) is 1. The molecule has 1 saturated heterocycles. The fraction of sp³-hybridized carbons (Fsp3) is 0.393. The quantitative estimate of drug-likeness (QED) is 0.481. The number of hydrogen-bond donors (Lipinski definition) is 1. The van der Waals surface area contributed by atoms with E-state index in [1.54, 1.807) is 18.5 Å². The van der Waals surface area contributed by atoms with E-state index in [0.29, 0.717) is 17.3 Å². The molecular weight excluding hydrogens is 450 g/mol. The van der Waals surface area contributed by atoms with Crippen molar-refractivity contribution in [3.63, 3.8) is 0 Å². The average molecular weight is 484 g/mol. The molecule has 1 fully saturated rings. The first kappa shape index (κ1) is 25.3. The van der Waals surface area contributed by atoms with Crippen molar-refractivity contribution in [2.75, 3.05) is 23.3 Å². The van der Waals surface area contributed by atoms with Gasteiger partial charge >= 0.3 is 6.03 Å².